The highest BCUT2D eigenvalue weighted by Gasteiger charge is 2.05. The maximum atomic E-state index is 5.66. The number of halogens is 1. The zero-order valence-corrected chi connectivity index (χ0v) is 11.3. The summed E-state index contributed by atoms with van der Waals surface area (Å²) in [6.45, 7) is 6.36. The van der Waals surface area contributed by atoms with Crippen molar-refractivity contribution in [2.24, 2.45) is 5.92 Å². The van der Waals surface area contributed by atoms with Gasteiger partial charge in [0.25, 0.3) is 0 Å². The van der Waals surface area contributed by atoms with Crippen LogP contribution in [0.5, 0.6) is 0 Å². The fraction of sp³-hybridized carbons (Fsp3) is 1.00. The average Bonchev–Trinajstić information content (AvgIpc) is 2.21. The van der Waals surface area contributed by atoms with E-state index >= 15 is 0 Å². The highest BCUT2D eigenvalue weighted by Crippen LogP contribution is 2.10. The molecule has 0 saturated heterocycles. The molecule has 1 unspecified atom stereocenters. The van der Waals surface area contributed by atoms with E-state index in [1.807, 2.05) is 0 Å². The molecule has 0 aliphatic carbocycles. The van der Waals surface area contributed by atoms with Crippen molar-refractivity contribution in [3.63, 3.8) is 0 Å². The molecule has 0 aliphatic rings. The number of hydrogen-bond acceptors (Lipinski definition) is 1. The van der Waals surface area contributed by atoms with E-state index in [9.17, 15) is 0 Å². The van der Waals surface area contributed by atoms with Gasteiger partial charge in [0.15, 0.2) is 0 Å². The number of unbranched alkanes of at least 4 members (excludes halogenated alkanes) is 3. The molecule has 2 heteroatoms. The van der Waals surface area contributed by atoms with E-state index in [2.05, 4.69) is 29.8 Å². The summed E-state index contributed by atoms with van der Waals surface area (Å²) in [5, 5.41) is 1.08. The minimum atomic E-state index is 0.714. The lowest BCUT2D eigenvalue weighted by Gasteiger charge is -2.12. The molecule has 0 aromatic heterocycles. The molecule has 1 atom stereocenters. The number of rotatable bonds is 10. The third-order valence-electron chi connectivity index (χ3n) is 2.41. The van der Waals surface area contributed by atoms with Crippen LogP contribution in [0.4, 0.5) is 0 Å². The van der Waals surface area contributed by atoms with Crippen molar-refractivity contribution in [1.82, 2.24) is 0 Å². The minimum absolute atomic E-state index is 0.714. The topological polar surface area (TPSA) is 9.23 Å². The highest BCUT2D eigenvalue weighted by molar-refractivity contribution is 9.09. The van der Waals surface area contributed by atoms with Crippen LogP contribution < -0.4 is 0 Å². The summed E-state index contributed by atoms with van der Waals surface area (Å²) in [6.07, 6.45) is 7.74. The summed E-state index contributed by atoms with van der Waals surface area (Å²) in [6, 6.07) is 0. The Balaban J connectivity index is 3.15. The van der Waals surface area contributed by atoms with E-state index < -0.39 is 0 Å². The molecule has 0 amide bonds. The maximum Gasteiger partial charge on any atom is 0.0502 e. The third kappa shape index (κ3) is 9.01. The summed E-state index contributed by atoms with van der Waals surface area (Å²) in [7, 11) is 0. The third-order valence-corrected chi connectivity index (χ3v) is 3.33. The van der Waals surface area contributed by atoms with Crippen molar-refractivity contribution >= 4 is 15.9 Å². The van der Waals surface area contributed by atoms with Crippen molar-refractivity contribution < 1.29 is 4.74 Å². The highest BCUT2D eigenvalue weighted by atomic mass is 79.9. The second kappa shape index (κ2) is 11.5. The molecular weight excluding hydrogens is 240 g/mol. The van der Waals surface area contributed by atoms with Crippen molar-refractivity contribution in [3.8, 4) is 0 Å². The summed E-state index contributed by atoms with van der Waals surface area (Å²) in [5.41, 5.74) is 0. The number of alkyl halides is 1. The Hall–Kier alpha value is 0.440. The molecule has 0 saturated carbocycles. The smallest absolute Gasteiger partial charge is 0.0502 e. The number of hydrogen-bond donors (Lipinski definition) is 0. The average molecular weight is 265 g/mol. The first kappa shape index (κ1) is 14.4. The molecule has 0 N–H and O–H groups in total. The zero-order chi connectivity index (χ0) is 10.6. The molecule has 0 aromatic carbocycles. The van der Waals surface area contributed by atoms with Gasteiger partial charge in [-0.1, -0.05) is 55.5 Å². The molecular formula is C12H25BrO. The van der Waals surface area contributed by atoms with Gasteiger partial charge < -0.3 is 4.74 Å². The van der Waals surface area contributed by atoms with E-state index in [0.29, 0.717) is 5.92 Å². The van der Waals surface area contributed by atoms with Crippen LogP contribution in [0.1, 0.15) is 52.4 Å². The van der Waals surface area contributed by atoms with Crippen molar-refractivity contribution in [1.29, 1.82) is 0 Å². The largest absolute Gasteiger partial charge is 0.381 e. The van der Waals surface area contributed by atoms with Gasteiger partial charge in [-0.25, -0.2) is 0 Å². The molecule has 0 aliphatic heterocycles. The molecule has 14 heavy (non-hydrogen) atoms. The van der Waals surface area contributed by atoms with Crippen LogP contribution in [-0.2, 0) is 4.74 Å². The van der Waals surface area contributed by atoms with Gasteiger partial charge in [0.1, 0.15) is 0 Å². The first-order chi connectivity index (χ1) is 6.85. The Morgan fingerprint density at radius 1 is 1.07 bits per heavy atom. The summed E-state index contributed by atoms with van der Waals surface area (Å²) in [5.74, 6) is 0.714. The lowest BCUT2D eigenvalue weighted by Crippen LogP contribution is -2.11. The summed E-state index contributed by atoms with van der Waals surface area (Å²) in [4.78, 5) is 0. The fourth-order valence-corrected chi connectivity index (χ4v) is 2.00. The van der Waals surface area contributed by atoms with Crippen LogP contribution in [0.2, 0.25) is 0 Å². The zero-order valence-electron chi connectivity index (χ0n) is 9.73. The Morgan fingerprint density at radius 3 is 2.43 bits per heavy atom. The van der Waals surface area contributed by atoms with E-state index in [1.54, 1.807) is 0 Å². The summed E-state index contributed by atoms with van der Waals surface area (Å²) >= 11 is 3.53. The molecule has 0 spiro atoms. The fourth-order valence-electron chi connectivity index (χ4n) is 1.49. The Kier molecular flexibility index (Phi) is 11.9. The van der Waals surface area contributed by atoms with Crippen LogP contribution >= 0.6 is 15.9 Å². The lowest BCUT2D eigenvalue weighted by molar-refractivity contribution is 0.100. The molecule has 0 rings (SSSR count). The first-order valence-electron chi connectivity index (χ1n) is 5.98. The SMILES string of the molecule is CCCCCCOCC(CBr)CCC. The molecule has 0 bridgehead atoms. The van der Waals surface area contributed by atoms with Crippen LogP contribution in [0.3, 0.4) is 0 Å². The van der Waals surface area contributed by atoms with Gasteiger partial charge in [-0.3, -0.25) is 0 Å². The van der Waals surface area contributed by atoms with Crippen LogP contribution in [0.25, 0.3) is 0 Å². The van der Waals surface area contributed by atoms with Crippen molar-refractivity contribution in [2.45, 2.75) is 52.4 Å². The van der Waals surface area contributed by atoms with Crippen molar-refractivity contribution in [3.05, 3.63) is 0 Å². The van der Waals surface area contributed by atoms with Gasteiger partial charge in [0.05, 0.1) is 6.61 Å². The molecule has 0 heterocycles. The molecule has 1 nitrogen and oxygen atoms in total. The quantitative estimate of drug-likeness (QED) is 0.420. The van der Waals surface area contributed by atoms with Gasteiger partial charge in [-0.2, -0.15) is 0 Å². The van der Waals surface area contributed by atoms with E-state index in [4.69, 9.17) is 4.74 Å². The van der Waals surface area contributed by atoms with Gasteiger partial charge in [-0.15, -0.1) is 0 Å². The molecule has 0 aromatic rings. The van der Waals surface area contributed by atoms with Crippen molar-refractivity contribution in [2.75, 3.05) is 18.5 Å². The van der Waals surface area contributed by atoms with E-state index in [0.717, 1.165) is 18.5 Å². The standard InChI is InChI=1S/C12H25BrO/c1-3-5-6-7-9-14-11-12(10-13)8-4-2/h12H,3-11H2,1-2H3. The van der Waals surface area contributed by atoms with Gasteiger partial charge in [0, 0.05) is 11.9 Å². The van der Waals surface area contributed by atoms with Crippen LogP contribution in [0.15, 0.2) is 0 Å². The predicted octanol–water partition coefficient (Wildman–Crippen LogP) is 4.39. The normalized spacial score (nSPS) is 13.1. The molecule has 0 fully saturated rings. The van der Waals surface area contributed by atoms with Crippen LogP contribution in [-0.4, -0.2) is 18.5 Å². The second-order valence-corrected chi connectivity index (χ2v) is 4.59. The molecule has 0 radical (unpaired) electrons. The minimum Gasteiger partial charge on any atom is -0.381 e. The summed E-state index contributed by atoms with van der Waals surface area (Å²) < 4.78 is 5.66. The van der Waals surface area contributed by atoms with E-state index in [-0.39, 0.29) is 0 Å². The predicted molar refractivity (Wildman–Crippen MR) is 67.2 cm³/mol. The molecule has 86 valence electrons. The number of ether oxygens (including phenoxy) is 1. The maximum absolute atomic E-state index is 5.66. The Labute approximate surface area is 97.7 Å². The second-order valence-electron chi connectivity index (χ2n) is 3.94. The first-order valence-corrected chi connectivity index (χ1v) is 7.11. The van der Waals surface area contributed by atoms with Gasteiger partial charge in [-0.05, 0) is 18.8 Å². The Bertz CT molecular complexity index is 106. The monoisotopic (exact) mass is 264 g/mol. The lowest BCUT2D eigenvalue weighted by atomic mass is 10.1. The Morgan fingerprint density at radius 2 is 1.86 bits per heavy atom. The van der Waals surface area contributed by atoms with Gasteiger partial charge in [0.2, 0.25) is 0 Å². The van der Waals surface area contributed by atoms with Gasteiger partial charge >= 0.3 is 0 Å². The van der Waals surface area contributed by atoms with Crippen LogP contribution in [0, 0.1) is 5.92 Å². The van der Waals surface area contributed by atoms with E-state index in [1.165, 1.54) is 38.5 Å².